The van der Waals surface area contributed by atoms with Crippen LogP contribution in [0.5, 0.6) is 0 Å². The van der Waals surface area contributed by atoms with Gasteiger partial charge < -0.3 is 15.3 Å². The highest BCUT2D eigenvalue weighted by Crippen LogP contribution is 2.03. The summed E-state index contributed by atoms with van der Waals surface area (Å²) in [6, 6.07) is 5.13. The summed E-state index contributed by atoms with van der Waals surface area (Å²) in [6.07, 6.45) is 5.06. The van der Waals surface area contributed by atoms with Gasteiger partial charge in [-0.3, -0.25) is 4.79 Å². The van der Waals surface area contributed by atoms with Crippen molar-refractivity contribution in [1.82, 2.24) is 10.2 Å². The third kappa shape index (κ3) is 5.08. The Hall–Kier alpha value is -2.55. The molecule has 0 aromatic heterocycles. The number of rotatable bonds is 5. The largest absolute Gasteiger partial charge is 0.480 e. The fraction of sp³-hybridized carbons (Fsp3) is 0.231. The van der Waals surface area contributed by atoms with E-state index in [1.165, 1.54) is 18.2 Å². The Morgan fingerprint density at radius 3 is 2.79 bits per heavy atom. The average molecular weight is 264 g/mol. The summed E-state index contributed by atoms with van der Waals surface area (Å²) in [6.45, 7) is -0.502. The van der Waals surface area contributed by atoms with Crippen molar-refractivity contribution in [2.75, 3.05) is 13.1 Å². The van der Waals surface area contributed by atoms with E-state index in [-0.39, 0.29) is 13.1 Å². The van der Waals surface area contributed by atoms with Gasteiger partial charge in [0.2, 0.25) is 0 Å². The van der Waals surface area contributed by atoms with E-state index >= 15 is 0 Å². The Labute approximate surface area is 110 Å². The van der Waals surface area contributed by atoms with Crippen molar-refractivity contribution in [3.63, 3.8) is 0 Å². The molecule has 0 saturated carbocycles. The lowest BCUT2D eigenvalue weighted by molar-refractivity contribution is -0.137. The van der Waals surface area contributed by atoms with Gasteiger partial charge in [0.25, 0.3) is 0 Å². The van der Waals surface area contributed by atoms with Crippen LogP contribution in [0.4, 0.5) is 9.18 Å². The summed E-state index contributed by atoms with van der Waals surface area (Å²) < 4.78 is 12.9. The number of halogens is 1. The first-order valence-corrected chi connectivity index (χ1v) is 5.45. The molecular formula is C13H13FN2O3. The van der Waals surface area contributed by atoms with Gasteiger partial charge in [-0.2, -0.15) is 0 Å². The van der Waals surface area contributed by atoms with Gasteiger partial charge in [-0.25, -0.2) is 9.18 Å². The van der Waals surface area contributed by atoms with Gasteiger partial charge >= 0.3 is 12.0 Å². The fourth-order valence-corrected chi connectivity index (χ4v) is 1.41. The van der Waals surface area contributed by atoms with E-state index in [9.17, 15) is 14.0 Å². The van der Waals surface area contributed by atoms with E-state index in [2.05, 4.69) is 11.2 Å². The van der Waals surface area contributed by atoms with Gasteiger partial charge in [0.1, 0.15) is 12.4 Å². The standard InChI is InChI=1S/C13H13FN2O3/c1-2-6-16(9-12(17)18)13(19)15-8-10-4-3-5-11(14)7-10/h1,3-5,7H,6,8-9H2,(H,15,19)(H,17,18). The van der Waals surface area contributed by atoms with Gasteiger partial charge in [-0.1, -0.05) is 18.1 Å². The molecule has 1 aromatic carbocycles. The first kappa shape index (κ1) is 14.5. The van der Waals surface area contributed by atoms with Crippen molar-refractivity contribution in [1.29, 1.82) is 0 Å². The highest BCUT2D eigenvalue weighted by molar-refractivity contribution is 5.80. The van der Waals surface area contributed by atoms with Crippen LogP contribution in [-0.2, 0) is 11.3 Å². The Balaban J connectivity index is 2.57. The Morgan fingerprint density at radius 1 is 1.47 bits per heavy atom. The SMILES string of the molecule is C#CCN(CC(=O)O)C(=O)NCc1cccc(F)c1. The van der Waals surface area contributed by atoms with E-state index in [1.807, 2.05) is 0 Å². The van der Waals surface area contributed by atoms with E-state index in [1.54, 1.807) is 6.07 Å². The van der Waals surface area contributed by atoms with Gasteiger partial charge in [-0.15, -0.1) is 6.42 Å². The lowest BCUT2D eigenvalue weighted by atomic mass is 10.2. The number of carboxylic acid groups (broad SMARTS) is 1. The number of carbonyl (C=O) groups excluding carboxylic acids is 1. The highest BCUT2D eigenvalue weighted by Gasteiger charge is 2.15. The average Bonchev–Trinajstić information content (AvgIpc) is 2.35. The van der Waals surface area contributed by atoms with Crippen LogP contribution >= 0.6 is 0 Å². The highest BCUT2D eigenvalue weighted by atomic mass is 19.1. The molecule has 0 atom stereocenters. The van der Waals surface area contributed by atoms with Crippen LogP contribution in [0.25, 0.3) is 0 Å². The Bertz CT molecular complexity index is 511. The van der Waals surface area contributed by atoms with Crippen molar-refractivity contribution in [2.45, 2.75) is 6.54 Å². The van der Waals surface area contributed by atoms with Crippen LogP contribution in [0.15, 0.2) is 24.3 Å². The van der Waals surface area contributed by atoms with Crippen molar-refractivity contribution in [3.8, 4) is 12.3 Å². The normalized spacial score (nSPS) is 9.47. The van der Waals surface area contributed by atoms with E-state index in [0.29, 0.717) is 5.56 Å². The molecule has 0 unspecified atom stereocenters. The number of terminal acetylenes is 1. The molecule has 0 saturated heterocycles. The quantitative estimate of drug-likeness (QED) is 0.781. The fourth-order valence-electron chi connectivity index (χ4n) is 1.41. The van der Waals surface area contributed by atoms with E-state index < -0.39 is 24.4 Å². The molecule has 0 heterocycles. The third-order valence-electron chi connectivity index (χ3n) is 2.23. The zero-order valence-corrected chi connectivity index (χ0v) is 10.1. The van der Waals surface area contributed by atoms with Crippen LogP contribution < -0.4 is 5.32 Å². The maximum atomic E-state index is 12.9. The molecule has 0 spiro atoms. The van der Waals surface area contributed by atoms with Crippen LogP contribution in [0.3, 0.4) is 0 Å². The zero-order chi connectivity index (χ0) is 14.3. The Kier molecular flexibility index (Phi) is 5.35. The molecule has 6 heteroatoms. The van der Waals surface area contributed by atoms with E-state index in [4.69, 9.17) is 11.5 Å². The maximum absolute atomic E-state index is 12.9. The molecule has 1 aromatic rings. The second-order valence-electron chi connectivity index (χ2n) is 3.74. The number of hydrogen-bond acceptors (Lipinski definition) is 2. The van der Waals surface area contributed by atoms with Gasteiger partial charge in [0, 0.05) is 6.54 Å². The second kappa shape index (κ2) is 7.01. The van der Waals surface area contributed by atoms with Crippen LogP contribution in [0, 0.1) is 18.2 Å². The summed E-state index contributed by atoms with van der Waals surface area (Å²) in [5, 5.41) is 11.1. The first-order valence-electron chi connectivity index (χ1n) is 5.45. The summed E-state index contributed by atoms with van der Waals surface area (Å²) in [5.41, 5.74) is 0.573. The van der Waals surface area contributed by atoms with Gasteiger partial charge in [0.05, 0.1) is 6.54 Å². The molecule has 19 heavy (non-hydrogen) atoms. The second-order valence-corrected chi connectivity index (χ2v) is 3.74. The maximum Gasteiger partial charge on any atom is 0.323 e. The molecule has 1 rings (SSSR count). The number of urea groups is 1. The molecule has 0 aliphatic heterocycles. The van der Waals surface area contributed by atoms with Crippen molar-refractivity contribution < 1.29 is 19.1 Å². The number of carbonyl (C=O) groups is 2. The van der Waals surface area contributed by atoms with Gasteiger partial charge in [-0.05, 0) is 17.7 Å². The molecule has 0 aliphatic rings. The minimum absolute atomic E-state index is 0.0945. The molecule has 5 nitrogen and oxygen atoms in total. The zero-order valence-electron chi connectivity index (χ0n) is 10.1. The van der Waals surface area contributed by atoms with Gasteiger partial charge in [0.15, 0.2) is 0 Å². The number of benzene rings is 1. The minimum Gasteiger partial charge on any atom is -0.480 e. The molecule has 0 radical (unpaired) electrons. The molecule has 0 aliphatic carbocycles. The topological polar surface area (TPSA) is 69.6 Å². The molecule has 2 N–H and O–H groups in total. The third-order valence-corrected chi connectivity index (χ3v) is 2.23. The number of amides is 2. The number of carboxylic acids is 1. The Morgan fingerprint density at radius 2 is 2.21 bits per heavy atom. The molecule has 100 valence electrons. The smallest absolute Gasteiger partial charge is 0.323 e. The van der Waals surface area contributed by atoms with Crippen molar-refractivity contribution in [2.24, 2.45) is 0 Å². The first-order chi connectivity index (χ1) is 9.02. The number of hydrogen-bond donors (Lipinski definition) is 2. The summed E-state index contributed by atoms with van der Waals surface area (Å²) >= 11 is 0. The minimum atomic E-state index is -1.16. The lowest BCUT2D eigenvalue weighted by Gasteiger charge is -2.18. The number of nitrogens with zero attached hydrogens (tertiary/aromatic N) is 1. The number of aliphatic carboxylic acids is 1. The molecule has 0 bridgehead atoms. The van der Waals surface area contributed by atoms with Crippen molar-refractivity contribution in [3.05, 3.63) is 35.6 Å². The van der Waals surface area contributed by atoms with Crippen molar-refractivity contribution >= 4 is 12.0 Å². The number of nitrogens with one attached hydrogen (secondary N) is 1. The van der Waals surface area contributed by atoms with Crippen LogP contribution in [0.2, 0.25) is 0 Å². The van der Waals surface area contributed by atoms with Crippen LogP contribution in [-0.4, -0.2) is 35.1 Å². The van der Waals surface area contributed by atoms with Crippen LogP contribution in [0.1, 0.15) is 5.56 Å². The molecule has 2 amide bonds. The molecule has 0 fully saturated rings. The molecular weight excluding hydrogens is 251 g/mol. The summed E-state index contributed by atoms with van der Waals surface area (Å²) in [4.78, 5) is 23.2. The monoisotopic (exact) mass is 264 g/mol. The van der Waals surface area contributed by atoms with E-state index in [0.717, 1.165) is 4.90 Å². The lowest BCUT2D eigenvalue weighted by Crippen LogP contribution is -2.42. The summed E-state index contributed by atoms with van der Waals surface area (Å²) in [7, 11) is 0. The predicted octanol–water partition coefficient (Wildman–Crippen LogP) is 1.06. The summed E-state index contributed by atoms with van der Waals surface area (Å²) in [5.74, 6) is 0.642. The predicted molar refractivity (Wildman–Crippen MR) is 66.7 cm³/mol.